The largest absolute Gasteiger partial charge is 0.483 e. The third kappa shape index (κ3) is 5.13. The predicted molar refractivity (Wildman–Crippen MR) is 94.9 cm³/mol. The van der Waals surface area contributed by atoms with E-state index in [4.69, 9.17) is 9.47 Å². The summed E-state index contributed by atoms with van der Waals surface area (Å²) in [7, 11) is 0. The summed E-state index contributed by atoms with van der Waals surface area (Å²) in [5.41, 5.74) is 0.927. The predicted octanol–water partition coefficient (Wildman–Crippen LogP) is 1.21. The zero-order chi connectivity index (χ0) is 17.6. The van der Waals surface area contributed by atoms with Crippen molar-refractivity contribution >= 4 is 5.91 Å². The lowest BCUT2D eigenvalue weighted by Crippen LogP contribution is -3.11. The van der Waals surface area contributed by atoms with Crippen molar-refractivity contribution in [2.24, 2.45) is 0 Å². The van der Waals surface area contributed by atoms with Crippen molar-refractivity contribution in [3.05, 3.63) is 23.8 Å². The summed E-state index contributed by atoms with van der Waals surface area (Å²) in [5, 5.41) is 2.92. The number of ether oxygens (including phenoxy) is 2. The highest BCUT2D eigenvalue weighted by atomic mass is 16.5. The van der Waals surface area contributed by atoms with Crippen molar-refractivity contribution in [1.82, 2.24) is 5.32 Å². The monoisotopic (exact) mass is 335 g/mol. The van der Waals surface area contributed by atoms with Crippen LogP contribution in [-0.2, 0) is 11.2 Å². The highest BCUT2D eigenvalue weighted by Crippen LogP contribution is 2.41. The molecule has 0 fully saturated rings. The highest BCUT2D eigenvalue weighted by Gasteiger charge is 2.32. The van der Waals surface area contributed by atoms with Crippen LogP contribution in [0.2, 0.25) is 0 Å². The molecule has 2 N–H and O–H groups in total. The third-order valence-corrected chi connectivity index (χ3v) is 4.44. The number of benzene rings is 1. The highest BCUT2D eigenvalue weighted by molar-refractivity contribution is 5.77. The molecule has 1 aliphatic rings. The first-order chi connectivity index (χ1) is 11.4. The fraction of sp³-hybridized carbons (Fsp3) is 0.632. The van der Waals surface area contributed by atoms with Crippen molar-refractivity contribution in [3.8, 4) is 11.5 Å². The molecule has 5 heteroatoms. The molecule has 1 aromatic carbocycles. The molecule has 0 radical (unpaired) electrons. The molecule has 0 bridgehead atoms. The zero-order valence-corrected chi connectivity index (χ0v) is 15.4. The Bertz CT molecular complexity index is 554. The number of carbonyl (C=O) groups is 1. The van der Waals surface area contributed by atoms with E-state index in [9.17, 15) is 4.79 Å². The van der Waals surface area contributed by atoms with Crippen molar-refractivity contribution in [2.75, 3.05) is 32.8 Å². The van der Waals surface area contributed by atoms with Crippen LogP contribution in [0.15, 0.2) is 18.2 Å². The van der Waals surface area contributed by atoms with Gasteiger partial charge in [-0.15, -0.1) is 0 Å². The number of carbonyl (C=O) groups excluding carboxylic acids is 1. The first kappa shape index (κ1) is 18.6. The summed E-state index contributed by atoms with van der Waals surface area (Å²) in [4.78, 5) is 13.5. The Labute approximate surface area is 145 Å². The van der Waals surface area contributed by atoms with Crippen molar-refractivity contribution in [3.63, 3.8) is 0 Å². The van der Waals surface area contributed by atoms with Crippen LogP contribution in [0.25, 0.3) is 0 Å². The number of para-hydroxylation sites is 1. The Morgan fingerprint density at radius 1 is 1.33 bits per heavy atom. The SMILES string of the molecule is CC[NH+](CC)CCCNC(=O)COc1cccc2c1OC(C)(C)C2. The number of quaternary nitrogens is 1. The normalized spacial score (nSPS) is 15.0. The molecule has 1 aromatic rings. The number of rotatable bonds is 9. The fourth-order valence-electron chi connectivity index (χ4n) is 3.07. The van der Waals surface area contributed by atoms with E-state index in [2.05, 4.69) is 33.0 Å². The quantitative estimate of drug-likeness (QED) is 0.667. The Hall–Kier alpha value is -1.75. The van der Waals surface area contributed by atoms with Crippen LogP contribution in [0.3, 0.4) is 0 Å². The topological polar surface area (TPSA) is 52.0 Å². The molecule has 0 aromatic heterocycles. The van der Waals surface area contributed by atoms with Crippen molar-refractivity contribution in [2.45, 2.75) is 46.1 Å². The molecule has 0 aliphatic carbocycles. The summed E-state index contributed by atoms with van der Waals surface area (Å²) >= 11 is 0. The third-order valence-electron chi connectivity index (χ3n) is 4.44. The second kappa shape index (κ2) is 8.38. The van der Waals surface area contributed by atoms with E-state index in [1.165, 1.54) is 0 Å². The summed E-state index contributed by atoms with van der Waals surface area (Å²) in [6, 6.07) is 5.85. The molecule has 1 aliphatic heterocycles. The molecule has 1 heterocycles. The molecule has 1 amide bonds. The molecule has 0 saturated heterocycles. The maximum Gasteiger partial charge on any atom is 0.257 e. The van der Waals surface area contributed by atoms with E-state index >= 15 is 0 Å². The van der Waals surface area contributed by atoms with Crippen molar-refractivity contribution in [1.29, 1.82) is 0 Å². The van der Waals surface area contributed by atoms with E-state index in [0.717, 1.165) is 43.8 Å². The number of nitrogens with one attached hydrogen (secondary N) is 2. The second-order valence-electron chi connectivity index (χ2n) is 6.98. The molecule has 24 heavy (non-hydrogen) atoms. The van der Waals surface area contributed by atoms with Crippen LogP contribution in [0.4, 0.5) is 0 Å². The van der Waals surface area contributed by atoms with E-state index < -0.39 is 0 Å². The Kier molecular flexibility index (Phi) is 6.49. The molecule has 2 rings (SSSR count). The smallest absolute Gasteiger partial charge is 0.257 e. The lowest BCUT2D eigenvalue weighted by molar-refractivity contribution is -0.896. The molecule has 0 unspecified atom stereocenters. The standard InChI is InChI=1S/C19H30N2O3/c1-5-21(6-2)12-8-11-20-17(22)14-23-16-10-7-9-15-13-19(3,4)24-18(15)16/h7,9-10H,5-6,8,11-14H2,1-4H3,(H,20,22)/p+1. The molecule has 5 nitrogen and oxygen atoms in total. The van der Waals surface area contributed by atoms with E-state index in [-0.39, 0.29) is 18.1 Å². The van der Waals surface area contributed by atoms with Gasteiger partial charge >= 0.3 is 0 Å². The Morgan fingerprint density at radius 2 is 2.08 bits per heavy atom. The van der Waals surface area contributed by atoms with Gasteiger partial charge in [-0.2, -0.15) is 0 Å². The zero-order valence-electron chi connectivity index (χ0n) is 15.4. The van der Waals surface area contributed by atoms with E-state index in [0.29, 0.717) is 12.3 Å². The molecular formula is C19H31N2O3+. The lowest BCUT2D eigenvalue weighted by atomic mass is 10.0. The number of amides is 1. The van der Waals surface area contributed by atoms with Gasteiger partial charge in [0, 0.05) is 24.9 Å². The van der Waals surface area contributed by atoms with Crippen LogP contribution in [-0.4, -0.2) is 44.3 Å². The lowest BCUT2D eigenvalue weighted by Gasteiger charge is -2.18. The average molecular weight is 335 g/mol. The minimum atomic E-state index is -0.211. The summed E-state index contributed by atoms with van der Waals surface area (Å²) in [6.45, 7) is 12.6. The van der Waals surface area contributed by atoms with Gasteiger partial charge in [0.1, 0.15) is 5.60 Å². The number of fused-ring (bicyclic) bond motifs is 1. The summed E-state index contributed by atoms with van der Waals surface area (Å²) < 4.78 is 11.6. The molecule has 0 saturated carbocycles. The minimum Gasteiger partial charge on any atom is -0.483 e. The van der Waals surface area contributed by atoms with E-state index in [1.54, 1.807) is 4.90 Å². The maximum absolute atomic E-state index is 11.9. The number of hydrogen-bond acceptors (Lipinski definition) is 3. The first-order valence-corrected chi connectivity index (χ1v) is 8.99. The van der Waals surface area contributed by atoms with Gasteiger partial charge in [0.2, 0.25) is 0 Å². The summed E-state index contributed by atoms with van der Waals surface area (Å²) in [5.74, 6) is 1.35. The van der Waals surface area contributed by atoms with Gasteiger partial charge in [0.15, 0.2) is 18.1 Å². The van der Waals surface area contributed by atoms with Gasteiger partial charge in [-0.25, -0.2) is 0 Å². The van der Waals surface area contributed by atoms with E-state index in [1.807, 2.05) is 18.2 Å². The average Bonchev–Trinajstić information content (AvgIpc) is 2.87. The maximum atomic E-state index is 11.9. The Balaban J connectivity index is 1.75. The molecular weight excluding hydrogens is 304 g/mol. The number of hydrogen-bond donors (Lipinski definition) is 2. The van der Waals surface area contributed by atoms with Gasteiger partial charge in [-0.3, -0.25) is 4.79 Å². The van der Waals surface area contributed by atoms with Crippen LogP contribution >= 0.6 is 0 Å². The van der Waals surface area contributed by atoms with Gasteiger partial charge in [0.05, 0.1) is 19.6 Å². The molecule has 0 atom stereocenters. The fourth-order valence-corrected chi connectivity index (χ4v) is 3.07. The van der Waals surface area contributed by atoms with Crippen LogP contribution < -0.4 is 19.7 Å². The van der Waals surface area contributed by atoms with Gasteiger partial charge in [0.25, 0.3) is 5.91 Å². The van der Waals surface area contributed by atoms with Crippen LogP contribution in [0, 0.1) is 0 Å². The minimum absolute atomic E-state index is 0.0262. The first-order valence-electron chi connectivity index (χ1n) is 8.99. The molecule has 0 spiro atoms. The van der Waals surface area contributed by atoms with Gasteiger partial charge in [-0.1, -0.05) is 12.1 Å². The second-order valence-corrected chi connectivity index (χ2v) is 6.98. The Morgan fingerprint density at radius 3 is 2.79 bits per heavy atom. The van der Waals surface area contributed by atoms with Crippen LogP contribution in [0.5, 0.6) is 11.5 Å². The van der Waals surface area contributed by atoms with Crippen LogP contribution in [0.1, 0.15) is 39.7 Å². The van der Waals surface area contributed by atoms with Gasteiger partial charge in [-0.05, 0) is 33.8 Å². The van der Waals surface area contributed by atoms with Crippen molar-refractivity contribution < 1.29 is 19.2 Å². The molecule has 134 valence electrons. The van der Waals surface area contributed by atoms with Gasteiger partial charge < -0.3 is 19.7 Å². The summed E-state index contributed by atoms with van der Waals surface area (Å²) in [6.07, 6.45) is 1.85.